The van der Waals surface area contributed by atoms with Gasteiger partial charge < -0.3 is 4.90 Å². The van der Waals surface area contributed by atoms with Gasteiger partial charge in [0.05, 0.1) is 12.0 Å². The predicted octanol–water partition coefficient (Wildman–Crippen LogP) is 3.90. The SMILES string of the molecule is Cc1ccc(CC(=O)N2CCN(Cc3cccc(C(F)(F)F)c3)CC2)cc1. The molecule has 0 radical (unpaired) electrons. The lowest BCUT2D eigenvalue weighted by molar-refractivity contribution is -0.137. The Morgan fingerprint density at radius 1 is 0.963 bits per heavy atom. The number of amides is 1. The van der Waals surface area contributed by atoms with E-state index in [1.54, 1.807) is 6.07 Å². The summed E-state index contributed by atoms with van der Waals surface area (Å²) >= 11 is 0. The Bertz CT molecular complexity index is 779. The Balaban J connectivity index is 1.51. The maximum Gasteiger partial charge on any atom is 0.416 e. The minimum atomic E-state index is -4.32. The largest absolute Gasteiger partial charge is 0.416 e. The van der Waals surface area contributed by atoms with Gasteiger partial charge in [-0.05, 0) is 24.1 Å². The van der Waals surface area contributed by atoms with Crippen LogP contribution in [0.15, 0.2) is 48.5 Å². The number of hydrogen-bond acceptors (Lipinski definition) is 2. The fraction of sp³-hybridized carbons (Fsp3) is 0.381. The van der Waals surface area contributed by atoms with Crippen LogP contribution in [0.2, 0.25) is 0 Å². The van der Waals surface area contributed by atoms with Gasteiger partial charge in [0.2, 0.25) is 5.91 Å². The molecule has 1 aliphatic heterocycles. The number of piperazine rings is 1. The molecule has 0 N–H and O–H groups in total. The van der Waals surface area contributed by atoms with E-state index in [4.69, 9.17) is 0 Å². The van der Waals surface area contributed by atoms with Gasteiger partial charge in [-0.15, -0.1) is 0 Å². The zero-order valence-electron chi connectivity index (χ0n) is 15.3. The third-order valence-electron chi connectivity index (χ3n) is 4.86. The number of halogens is 3. The van der Waals surface area contributed by atoms with Crippen LogP contribution in [0, 0.1) is 6.92 Å². The highest BCUT2D eigenvalue weighted by atomic mass is 19.4. The van der Waals surface area contributed by atoms with Gasteiger partial charge in [-0.3, -0.25) is 9.69 Å². The first-order valence-corrected chi connectivity index (χ1v) is 9.03. The molecule has 1 saturated heterocycles. The molecule has 1 heterocycles. The van der Waals surface area contributed by atoms with Crippen LogP contribution in [0.25, 0.3) is 0 Å². The zero-order chi connectivity index (χ0) is 19.4. The van der Waals surface area contributed by atoms with Crippen LogP contribution in [0.1, 0.15) is 22.3 Å². The van der Waals surface area contributed by atoms with Crippen LogP contribution in [0.5, 0.6) is 0 Å². The van der Waals surface area contributed by atoms with Gasteiger partial charge in [0, 0.05) is 32.7 Å². The predicted molar refractivity (Wildman–Crippen MR) is 98.2 cm³/mol. The van der Waals surface area contributed by atoms with E-state index in [2.05, 4.69) is 4.90 Å². The average Bonchev–Trinajstić information content (AvgIpc) is 2.64. The van der Waals surface area contributed by atoms with Gasteiger partial charge in [-0.25, -0.2) is 0 Å². The lowest BCUT2D eigenvalue weighted by Crippen LogP contribution is -2.48. The molecule has 1 fully saturated rings. The molecule has 0 spiro atoms. The maximum absolute atomic E-state index is 12.8. The molecule has 1 aliphatic rings. The van der Waals surface area contributed by atoms with E-state index in [1.807, 2.05) is 36.1 Å². The Hall–Kier alpha value is -2.34. The lowest BCUT2D eigenvalue weighted by Gasteiger charge is -2.35. The second kappa shape index (κ2) is 8.13. The lowest BCUT2D eigenvalue weighted by atomic mass is 10.1. The van der Waals surface area contributed by atoms with Crippen LogP contribution in [-0.2, 0) is 23.9 Å². The molecule has 3 nitrogen and oxygen atoms in total. The smallest absolute Gasteiger partial charge is 0.340 e. The van der Waals surface area contributed by atoms with Crippen LogP contribution in [0.3, 0.4) is 0 Å². The first-order valence-electron chi connectivity index (χ1n) is 9.03. The van der Waals surface area contributed by atoms with Crippen molar-refractivity contribution in [2.75, 3.05) is 26.2 Å². The van der Waals surface area contributed by atoms with Crippen LogP contribution in [-0.4, -0.2) is 41.9 Å². The summed E-state index contributed by atoms with van der Waals surface area (Å²) in [6.45, 7) is 5.00. The van der Waals surface area contributed by atoms with E-state index in [0.717, 1.165) is 17.2 Å². The molecule has 27 heavy (non-hydrogen) atoms. The van der Waals surface area contributed by atoms with Crippen molar-refractivity contribution in [2.45, 2.75) is 26.1 Å². The van der Waals surface area contributed by atoms with Crippen molar-refractivity contribution < 1.29 is 18.0 Å². The second-order valence-corrected chi connectivity index (χ2v) is 7.02. The summed E-state index contributed by atoms with van der Waals surface area (Å²) in [5.74, 6) is 0.0950. The minimum absolute atomic E-state index is 0.0950. The number of carbonyl (C=O) groups is 1. The summed E-state index contributed by atoms with van der Waals surface area (Å²) < 4.78 is 38.5. The monoisotopic (exact) mass is 376 g/mol. The molecule has 144 valence electrons. The first kappa shape index (κ1) is 19.4. The number of nitrogens with zero attached hydrogens (tertiary/aromatic N) is 2. The van der Waals surface area contributed by atoms with E-state index < -0.39 is 11.7 Å². The van der Waals surface area contributed by atoms with Gasteiger partial charge in [-0.1, -0.05) is 48.0 Å². The molecular weight excluding hydrogens is 353 g/mol. The number of hydrogen-bond donors (Lipinski definition) is 0. The van der Waals surface area contributed by atoms with Crippen LogP contribution in [0.4, 0.5) is 13.2 Å². The van der Waals surface area contributed by atoms with Gasteiger partial charge >= 0.3 is 6.18 Å². The van der Waals surface area contributed by atoms with Gasteiger partial charge in [0.1, 0.15) is 0 Å². The van der Waals surface area contributed by atoms with E-state index >= 15 is 0 Å². The Morgan fingerprint density at radius 3 is 2.26 bits per heavy atom. The van der Waals surface area contributed by atoms with E-state index in [1.165, 1.54) is 12.1 Å². The summed E-state index contributed by atoms with van der Waals surface area (Å²) in [6, 6.07) is 13.4. The molecule has 0 aromatic heterocycles. The van der Waals surface area contributed by atoms with Crippen LogP contribution >= 0.6 is 0 Å². The first-order chi connectivity index (χ1) is 12.8. The molecule has 0 bridgehead atoms. The third kappa shape index (κ3) is 5.32. The average molecular weight is 376 g/mol. The van der Waals surface area contributed by atoms with Gasteiger partial charge in [0.25, 0.3) is 0 Å². The quantitative estimate of drug-likeness (QED) is 0.808. The third-order valence-corrected chi connectivity index (χ3v) is 4.86. The van der Waals surface area contributed by atoms with E-state index in [-0.39, 0.29) is 5.91 Å². The molecule has 3 rings (SSSR count). The van der Waals surface area contributed by atoms with Crippen molar-refractivity contribution in [1.29, 1.82) is 0 Å². The fourth-order valence-corrected chi connectivity index (χ4v) is 3.25. The van der Waals surface area contributed by atoms with Crippen molar-refractivity contribution in [3.05, 3.63) is 70.8 Å². The molecule has 0 aliphatic carbocycles. The topological polar surface area (TPSA) is 23.6 Å². The van der Waals surface area contributed by atoms with Gasteiger partial charge in [-0.2, -0.15) is 13.2 Å². The molecule has 0 atom stereocenters. The molecule has 2 aromatic rings. The summed E-state index contributed by atoms with van der Waals surface area (Å²) in [4.78, 5) is 16.4. The fourth-order valence-electron chi connectivity index (χ4n) is 3.25. The summed E-state index contributed by atoms with van der Waals surface area (Å²) in [5, 5.41) is 0. The molecule has 0 saturated carbocycles. The number of rotatable bonds is 4. The number of aryl methyl sites for hydroxylation is 1. The molecule has 0 unspecified atom stereocenters. The molecule has 6 heteroatoms. The Kier molecular flexibility index (Phi) is 5.85. The highest BCUT2D eigenvalue weighted by molar-refractivity contribution is 5.78. The van der Waals surface area contributed by atoms with Gasteiger partial charge in [0.15, 0.2) is 0 Å². The number of carbonyl (C=O) groups excluding carboxylic acids is 1. The standard InChI is InChI=1S/C21H23F3N2O/c1-16-5-7-17(8-6-16)14-20(27)26-11-9-25(10-12-26)15-18-3-2-4-19(13-18)21(22,23)24/h2-8,13H,9-12,14-15H2,1H3. The number of alkyl halides is 3. The highest BCUT2D eigenvalue weighted by Gasteiger charge is 2.30. The molecule has 1 amide bonds. The van der Waals surface area contributed by atoms with Crippen molar-refractivity contribution in [3.8, 4) is 0 Å². The van der Waals surface area contributed by atoms with E-state index in [9.17, 15) is 18.0 Å². The zero-order valence-corrected chi connectivity index (χ0v) is 15.3. The summed E-state index contributed by atoms with van der Waals surface area (Å²) in [6.07, 6.45) is -3.94. The summed E-state index contributed by atoms with van der Waals surface area (Å²) in [5.41, 5.74) is 2.18. The Labute approximate surface area is 157 Å². The second-order valence-electron chi connectivity index (χ2n) is 7.02. The molecular formula is C21H23F3N2O. The number of benzene rings is 2. The van der Waals surface area contributed by atoms with Crippen LogP contribution < -0.4 is 0 Å². The van der Waals surface area contributed by atoms with Crippen molar-refractivity contribution in [2.24, 2.45) is 0 Å². The van der Waals surface area contributed by atoms with Crippen molar-refractivity contribution >= 4 is 5.91 Å². The normalized spacial score (nSPS) is 15.8. The Morgan fingerprint density at radius 2 is 1.63 bits per heavy atom. The van der Waals surface area contributed by atoms with Crippen molar-refractivity contribution in [1.82, 2.24) is 9.80 Å². The molecule has 2 aromatic carbocycles. The summed E-state index contributed by atoms with van der Waals surface area (Å²) in [7, 11) is 0. The van der Waals surface area contributed by atoms with Crippen molar-refractivity contribution in [3.63, 3.8) is 0 Å². The highest BCUT2D eigenvalue weighted by Crippen LogP contribution is 2.29. The van der Waals surface area contributed by atoms with E-state index in [0.29, 0.717) is 44.7 Å². The minimum Gasteiger partial charge on any atom is -0.340 e. The maximum atomic E-state index is 12.8.